The highest BCUT2D eigenvalue weighted by atomic mass is 19.3. The Morgan fingerprint density at radius 1 is 0.667 bits per heavy atom. The maximum atomic E-state index is 13.1. The summed E-state index contributed by atoms with van der Waals surface area (Å²) in [5.74, 6) is -0.985. The molecule has 0 radical (unpaired) electrons. The molecule has 0 aliphatic heterocycles. The third kappa shape index (κ3) is 2.59. The Morgan fingerprint density at radius 3 is 1.28 bits per heavy atom. The summed E-state index contributed by atoms with van der Waals surface area (Å²) in [5, 5.41) is 18.3. The number of hydrogen-bond donors (Lipinski definition) is 2. The van der Waals surface area contributed by atoms with Crippen LogP contribution in [0.15, 0.2) is 48.5 Å². The van der Waals surface area contributed by atoms with Crippen molar-refractivity contribution in [3.8, 4) is 11.5 Å². The fraction of sp³-hybridized carbons (Fsp3) is 0.143. The lowest BCUT2D eigenvalue weighted by molar-refractivity contribution is 0.129. The molecule has 0 amide bonds. The molecule has 4 heteroatoms. The van der Waals surface area contributed by atoms with Gasteiger partial charge in [-0.1, -0.05) is 24.3 Å². The molecule has 0 saturated heterocycles. The molecule has 0 saturated carbocycles. The second kappa shape index (κ2) is 5.04. The van der Waals surface area contributed by atoms with Gasteiger partial charge in [-0.15, -0.1) is 0 Å². The average Bonchev–Trinajstić information content (AvgIpc) is 2.34. The van der Waals surface area contributed by atoms with E-state index in [-0.39, 0.29) is 11.5 Å². The Labute approximate surface area is 103 Å². The normalized spacial score (nSPS) is 11.1. The van der Waals surface area contributed by atoms with Gasteiger partial charge in [0.2, 0.25) is 6.43 Å². The monoisotopic (exact) mass is 250 g/mol. The molecule has 0 bridgehead atoms. The van der Waals surface area contributed by atoms with Crippen molar-refractivity contribution in [1.29, 1.82) is 0 Å². The van der Waals surface area contributed by atoms with Crippen LogP contribution in [-0.4, -0.2) is 16.6 Å². The zero-order chi connectivity index (χ0) is 13.1. The molecule has 0 heterocycles. The molecule has 0 fully saturated rings. The topological polar surface area (TPSA) is 40.5 Å². The molecule has 0 spiro atoms. The summed E-state index contributed by atoms with van der Waals surface area (Å²) in [5.41, 5.74) is 0.849. The first-order valence-corrected chi connectivity index (χ1v) is 5.44. The van der Waals surface area contributed by atoms with E-state index in [2.05, 4.69) is 0 Å². The van der Waals surface area contributed by atoms with Crippen LogP contribution in [0.25, 0.3) is 0 Å². The predicted molar refractivity (Wildman–Crippen MR) is 64.1 cm³/mol. The molecule has 2 rings (SSSR count). The number of rotatable bonds is 3. The third-order valence-electron chi connectivity index (χ3n) is 2.76. The number of hydrogen-bond acceptors (Lipinski definition) is 2. The van der Waals surface area contributed by atoms with E-state index in [1.54, 1.807) is 0 Å². The molecule has 2 aromatic carbocycles. The van der Waals surface area contributed by atoms with Crippen LogP contribution in [0.3, 0.4) is 0 Å². The van der Waals surface area contributed by atoms with E-state index in [0.717, 1.165) is 0 Å². The van der Waals surface area contributed by atoms with Gasteiger partial charge in [-0.2, -0.15) is 0 Å². The van der Waals surface area contributed by atoms with Gasteiger partial charge in [0.25, 0.3) is 0 Å². The van der Waals surface area contributed by atoms with Crippen molar-refractivity contribution in [3.05, 3.63) is 59.7 Å². The zero-order valence-corrected chi connectivity index (χ0v) is 9.42. The van der Waals surface area contributed by atoms with Gasteiger partial charge in [-0.3, -0.25) is 0 Å². The molecule has 18 heavy (non-hydrogen) atoms. The van der Waals surface area contributed by atoms with E-state index in [4.69, 9.17) is 10.2 Å². The van der Waals surface area contributed by atoms with Crippen molar-refractivity contribution in [2.75, 3.05) is 0 Å². The van der Waals surface area contributed by atoms with Gasteiger partial charge in [0, 0.05) is 0 Å². The van der Waals surface area contributed by atoms with E-state index in [1.807, 2.05) is 0 Å². The van der Waals surface area contributed by atoms with E-state index in [9.17, 15) is 8.78 Å². The Hall–Kier alpha value is -2.10. The minimum atomic E-state index is -2.56. The molecule has 2 aromatic rings. The Bertz CT molecular complexity index is 461. The molecule has 0 aliphatic rings. The number of benzene rings is 2. The van der Waals surface area contributed by atoms with Gasteiger partial charge in [0.15, 0.2) is 0 Å². The first-order chi connectivity index (χ1) is 8.58. The molecule has 0 atom stereocenters. The minimum Gasteiger partial charge on any atom is -0.508 e. The lowest BCUT2D eigenvalue weighted by Crippen LogP contribution is -2.10. The molecule has 0 unspecified atom stereocenters. The third-order valence-corrected chi connectivity index (χ3v) is 2.76. The molecule has 94 valence electrons. The van der Waals surface area contributed by atoms with Crippen LogP contribution in [-0.2, 0) is 0 Å². The first-order valence-electron chi connectivity index (χ1n) is 5.44. The number of phenolic OH excluding ortho intramolecular Hbond substituents is 2. The number of phenols is 2. The van der Waals surface area contributed by atoms with E-state index in [1.165, 1.54) is 48.5 Å². The van der Waals surface area contributed by atoms with Crippen molar-refractivity contribution in [2.24, 2.45) is 0 Å². The van der Waals surface area contributed by atoms with Crippen molar-refractivity contribution in [1.82, 2.24) is 0 Å². The SMILES string of the molecule is Oc1ccc(C(c2ccc(O)cc2)C(F)F)cc1. The van der Waals surface area contributed by atoms with Gasteiger partial charge < -0.3 is 10.2 Å². The van der Waals surface area contributed by atoms with Gasteiger partial charge in [0.05, 0.1) is 5.92 Å². The number of alkyl halides is 2. The Kier molecular flexibility index (Phi) is 3.46. The molecular formula is C14H12F2O2. The zero-order valence-electron chi connectivity index (χ0n) is 9.42. The summed E-state index contributed by atoms with van der Waals surface area (Å²) in [4.78, 5) is 0. The molecule has 0 aromatic heterocycles. The van der Waals surface area contributed by atoms with Crippen LogP contribution in [0.2, 0.25) is 0 Å². The summed E-state index contributed by atoms with van der Waals surface area (Å²) >= 11 is 0. The number of aromatic hydroxyl groups is 2. The maximum absolute atomic E-state index is 13.1. The van der Waals surface area contributed by atoms with Crippen LogP contribution < -0.4 is 0 Å². The minimum absolute atomic E-state index is 0.0393. The summed E-state index contributed by atoms with van der Waals surface area (Å²) in [6.45, 7) is 0. The highest BCUT2D eigenvalue weighted by Gasteiger charge is 2.24. The van der Waals surface area contributed by atoms with Crippen LogP contribution >= 0.6 is 0 Å². The van der Waals surface area contributed by atoms with Crippen LogP contribution in [0, 0.1) is 0 Å². The van der Waals surface area contributed by atoms with E-state index < -0.39 is 12.3 Å². The fourth-order valence-electron chi connectivity index (χ4n) is 1.85. The lowest BCUT2D eigenvalue weighted by Gasteiger charge is -2.17. The van der Waals surface area contributed by atoms with Crippen molar-refractivity contribution in [2.45, 2.75) is 12.3 Å². The average molecular weight is 250 g/mol. The van der Waals surface area contributed by atoms with Crippen LogP contribution in [0.1, 0.15) is 17.0 Å². The molecular weight excluding hydrogens is 238 g/mol. The summed E-state index contributed by atoms with van der Waals surface area (Å²) < 4.78 is 26.3. The molecule has 0 aliphatic carbocycles. The standard InChI is InChI=1S/C14H12F2O2/c15-14(16)13(9-1-5-11(17)6-2-9)10-3-7-12(18)8-4-10/h1-8,13-14,17-18H. The van der Waals surface area contributed by atoms with E-state index in [0.29, 0.717) is 11.1 Å². The van der Waals surface area contributed by atoms with Crippen LogP contribution in [0.5, 0.6) is 11.5 Å². The first kappa shape index (κ1) is 12.4. The summed E-state index contributed by atoms with van der Waals surface area (Å²) in [7, 11) is 0. The van der Waals surface area contributed by atoms with Gasteiger partial charge in [-0.25, -0.2) is 8.78 Å². The molecule has 2 nitrogen and oxygen atoms in total. The number of halogens is 2. The highest BCUT2D eigenvalue weighted by Crippen LogP contribution is 2.32. The maximum Gasteiger partial charge on any atom is 0.249 e. The van der Waals surface area contributed by atoms with Crippen LogP contribution in [0.4, 0.5) is 8.78 Å². The van der Waals surface area contributed by atoms with E-state index >= 15 is 0 Å². The second-order valence-electron chi connectivity index (χ2n) is 4.00. The van der Waals surface area contributed by atoms with Gasteiger partial charge in [0.1, 0.15) is 11.5 Å². The largest absolute Gasteiger partial charge is 0.508 e. The predicted octanol–water partition coefficient (Wildman–Crippen LogP) is 3.49. The fourth-order valence-corrected chi connectivity index (χ4v) is 1.85. The Balaban J connectivity index is 2.39. The second-order valence-corrected chi connectivity index (χ2v) is 4.00. The lowest BCUT2D eigenvalue weighted by atomic mass is 9.91. The highest BCUT2D eigenvalue weighted by molar-refractivity contribution is 5.38. The molecule has 2 N–H and O–H groups in total. The smallest absolute Gasteiger partial charge is 0.249 e. The summed E-state index contributed by atoms with van der Waals surface area (Å²) in [6.07, 6.45) is -2.56. The van der Waals surface area contributed by atoms with Crippen molar-refractivity contribution < 1.29 is 19.0 Å². The van der Waals surface area contributed by atoms with Crippen molar-refractivity contribution in [3.63, 3.8) is 0 Å². The Morgan fingerprint density at radius 2 is 1.00 bits per heavy atom. The summed E-state index contributed by atoms with van der Waals surface area (Å²) in [6, 6.07) is 11.4. The van der Waals surface area contributed by atoms with Gasteiger partial charge in [-0.05, 0) is 35.4 Å². The van der Waals surface area contributed by atoms with Crippen molar-refractivity contribution >= 4 is 0 Å². The van der Waals surface area contributed by atoms with Gasteiger partial charge >= 0.3 is 0 Å². The quantitative estimate of drug-likeness (QED) is 0.875.